The summed E-state index contributed by atoms with van der Waals surface area (Å²) in [4.78, 5) is 7.17. The number of hydrogen-bond acceptors (Lipinski definition) is 3. The van der Waals surface area contributed by atoms with Crippen molar-refractivity contribution in [2.75, 3.05) is 46.4 Å². The molecule has 5 nitrogen and oxygen atoms in total. The smallest absolute Gasteiger partial charge is 0.191 e. The summed E-state index contributed by atoms with van der Waals surface area (Å²) < 4.78 is 5.14. The minimum Gasteiger partial charge on any atom is -0.383 e. The maximum atomic E-state index is 5.14. The lowest BCUT2D eigenvalue weighted by Gasteiger charge is -2.29. The Bertz CT molecular complexity index is 275. The second-order valence-corrected chi connectivity index (χ2v) is 5.79. The molecule has 1 aliphatic rings. The average molecular weight is 284 g/mol. The van der Waals surface area contributed by atoms with Gasteiger partial charge in [0.15, 0.2) is 5.96 Å². The van der Waals surface area contributed by atoms with Crippen molar-refractivity contribution < 1.29 is 4.74 Å². The highest BCUT2D eigenvalue weighted by atomic mass is 16.5. The van der Waals surface area contributed by atoms with Gasteiger partial charge >= 0.3 is 0 Å². The van der Waals surface area contributed by atoms with E-state index in [0.29, 0.717) is 6.61 Å². The molecule has 1 saturated heterocycles. The second-order valence-electron chi connectivity index (χ2n) is 5.79. The van der Waals surface area contributed by atoms with E-state index in [1.165, 1.54) is 25.9 Å². The molecule has 1 heterocycles. The van der Waals surface area contributed by atoms with Gasteiger partial charge in [-0.15, -0.1) is 0 Å². The summed E-state index contributed by atoms with van der Waals surface area (Å²) in [6.45, 7) is 12.5. The lowest BCUT2D eigenvalue weighted by Crippen LogP contribution is -2.44. The number of rotatable bonds is 7. The zero-order valence-electron chi connectivity index (χ0n) is 13.6. The van der Waals surface area contributed by atoms with Gasteiger partial charge in [-0.2, -0.15) is 0 Å². The normalized spacial score (nSPS) is 19.9. The second kappa shape index (κ2) is 10.00. The Hall–Kier alpha value is -0.810. The van der Waals surface area contributed by atoms with E-state index in [1.54, 1.807) is 7.11 Å². The Labute approximate surface area is 124 Å². The van der Waals surface area contributed by atoms with Gasteiger partial charge in [0.05, 0.1) is 13.2 Å². The fourth-order valence-electron chi connectivity index (χ4n) is 2.43. The minimum absolute atomic E-state index is 0.272. The lowest BCUT2D eigenvalue weighted by atomic mass is 9.99. The van der Waals surface area contributed by atoms with E-state index in [9.17, 15) is 0 Å². The molecule has 1 atom stereocenters. The van der Waals surface area contributed by atoms with E-state index in [4.69, 9.17) is 4.74 Å². The highest BCUT2D eigenvalue weighted by Gasteiger charge is 2.14. The number of nitrogens with zero attached hydrogens (tertiary/aromatic N) is 2. The van der Waals surface area contributed by atoms with Crippen LogP contribution < -0.4 is 10.6 Å². The number of ether oxygens (including phenoxy) is 1. The van der Waals surface area contributed by atoms with Crippen molar-refractivity contribution in [1.82, 2.24) is 15.5 Å². The van der Waals surface area contributed by atoms with Gasteiger partial charge in [0, 0.05) is 26.2 Å². The van der Waals surface area contributed by atoms with Crippen LogP contribution in [-0.4, -0.2) is 63.3 Å². The SMILES string of the molecule is CCNC(=NCCN1CCC(C)CC1)NC(C)COC. The third-order valence-electron chi connectivity index (χ3n) is 3.71. The van der Waals surface area contributed by atoms with E-state index < -0.39 is 0 Å². The van der Waals surface area contributed by atoms with Crippen molar-refractivity contribution in [3.63, 3.8) is 0 Å². The Kier molecular flexibility index (Phi) is 8.62. The molecule has 0 aromatic carbocycles. The van der Waals surface area contributed by atoms with Crippen LogP contribution in [0.2, 0.25) is 0 Å². The molecule has 0 saturated carbocycles. The molecule has 2 N–H and O–H groups in total. The van der Waals surface area contributed by atoms with Crippen LogP contribution in [0, 0.1) is 5.92 Å². The highest BCUT2D eigenvalue weighted by molar-refractivity contribution is 5.80. The van der Waals surface area contributed by atoms with Gasteiger partial charge in [-0.25, -0.2) is 0 Å². The van der Waals surface area contributed by atoms with E-state index in [-0.39, 0.29) is 6.04 Å². The van der Waals surface area contributed by atoms with Gasteiger partial charge in [0.1, 0.15) is 0 Å². The lowest BCUT2D eigenvalue weighted by molar-refractivity contribution is 0.179. The molecule has 1 fully saturated rings. The van der Waals surface area contributed by atoms with Crippen molar-refractivity contribution in [2.45, 2.75) is 39.7 Å². The number of likely N-dealkylation sites (tertiary alicyclic amines) is 1. The fraction of sp³-hybridized carbons (Fsp3) is 0.933. The Morgan fingerprint density at radius 1 is 1.40 bits per heavy atom. The van der Waals surface area contributed by atoms with Crippen LogP contribution in [0.25, 0.3) is 0 Å². The van der Waals surface area contributed by atoms with Crippen LogP contribution in [0.15, 0.2) is 4.99 Å². The summed E-state index contributed by atoms with van der Waals surface area (Å²) in [5.74, 6) is 1.78. The fourth-order valence-corrected chi connectivity index (χ4v) is 2.43. The summed E-state index contributed by atoms with van der Waals surface area (Å²) in [7, 11) is 1.72. The molecule has 0 aromatic heterocycles. The topological polar surface area (TPSA) is 48.9 Å². The number of piperidine rings is 1. The predicted octanol–water partition coefficient (Wildman–Crippen LogP) is 1.31. The summed E-state index contributed by atoms with van der Waals surface area (Å²) in [6.07, 6.45) is 2.65. The Morgan fingerprint density at radius 2 is 2.10 bits per heavy atom. The van der Waals surface area contributed by atoms with Crippen LogP contribution in [-0.2, 0) is 4.74 Å². The Balaban J connectivity index is 2.30. The first-order chi connectivity index (χ1) is 9.65. The zero-order chi connectivity index (χ0) is 14.8. The monoisotopic (exact) mass is 284 g/mol. The van der Waals surface area contributed by atoms with Gasteiger partial charge in [-0.3, -0.25) is 4.99 Å². The number of guanidine groups is 1. The number of aliphatic imine (C=N–C) groups is 1. The molecule has 118 valence electrons. The molecule has 0 bridgehead atoms. The molecule has 0 amide bonds. The quantitative estimate of drug-likeness (QED) is 0.547. The van der Waals surface area contributed by atoms with Gasteiger partial charge in [0.25, 0.3) is 0 Å². The van der Waals surface area contributed by atoms with Crippen molar-refractivity contribution in [2.24, 2.45) is 10.9 Å². The van der Waals surface area contributed by atoms with Gasteiger partial charge in [-0.1, -0.05) is 6.92 Å². The maximum Gasteiger partial charge on any atom is 0.191 e. The summed E-state index contributed by atoms with van der Waals surface area (Å²) in [6, 6.07) is 0.272. The zero-order valence-corrected chi connectivity index (χ0v) is 13.6. The maximum absolute atomic E-state index is 5.14. The summed E-state index contributed by atoms with van der Waals surface area (Å²) >= 11 is 0. The van der Waals surface area contributed by atoms with Crippen molar-refractivity contribution in [3.05, 3.63) is 0 Å². The molecule has 5 heteroatoms. The Morgan fingerprint density at radius 3 is 2.70 bits per heavy atom. The van der Waals surface area contributed by atoms with E-state index in [0.717, 1.165) is 31.5 Å². The van der Waals surface area contributed by atoms with Crippen LogP contribution in [0.1, 0.15) is 33.6 Å². The third-order valence-corrected chi connectivity index (χ3v) is 3.71. The van der Waals surface area contributed by atoms with E-state index >= 15 is 0 Å². The summed E-state index contributed by atoms with van der Waals surface area (Å²) in [5.41, 5.74) is 0. The van der Waals surface area contributed by atoms with Crippen LogP contribution in [0.3, 0.4) is 0 Å². The first-order valence-electron chi connectivity index (χ1n) is 7.91. The van der Waals surface area contributed by atoms with Crippen molar-refractivity contribution >= 4 is 5.96 Å². The standard InChI is InChI=1S/C15H32N4O/c1-5-16-15(18-14(3)12-20-4)17-8-11-19-9-6-13(2)7-10-19/h13-14H,5-12H2,1-4H3,(H2,16,17,18). The molecule has 1 aliphatic heterocycles. The molecule has 0 spiro atoms. The number of hydrogen-bond donors (Lipinski definition) is 2. The first kappa shape index (κ1) is 17.2. The molecule has 20 heavy (non-hydrogen) atoms. The van der Waals surface area contributed by atoms with Gasteiger partial charge in [0.2, 0.25) is 0 Å². The largest absolute Gasteiger partial charge is 0.383 e. The van der Waals surface area contributed by atoms with E-state index in [1.807, 2.05) is 0 Å². The van der Waals surface area contributed by atoms with Crippen LogP contribution in [0.4, 0.5) is 0 Å². The molecule has 0 aliphatic carbocycles. The predicted molar refractivity (Wildman–Crippen MR) is 85.3 cm³/mol. The van der Waals surface area contributed by atoms with Gasteiger partial charge < -0.3 is 20.3 Å². The number of nitrogens with one attached hydrogen (secondary N) is 2. The summed E-state index contributed by atoms with van der Waals surface area (Å²) in [5, 5.41) is 6.64. The number of methoxy groups -OCH3 is 1. The van der Waals surface area contributed by atoms with Crippen LogP contribution in [0.5, 0.6) is 0 Å². The average Bonchev–Trinajstić information content (AvgIpc) is 2.41. The molecule has 1 rings (SSSR count). The molecule has 0 radical (unpaired) electrons. The first-order valence-corrected chi connectivity index (χ1v) is 7.91. The highest BCUT2D eigenvalue weighted by Crippen LogP contribution is 2.15. The third kappa shape index (κ3) is 7.10. The van der Waals surface area contributed by atoms with Crippen LogP contribution >= 0.6 is 0 Å². The molecule has 1 unspecified atom stereocenters. The van der Waals surface area contributed by atoms with Crippen molar-refractivity contribution in [3.8, 4) is 0 Å². The molecular weight excluding hydrogens is 252 g/mol. The van der Waals surface area contributed by atoms with Crippen molar-refractivity contribution in [1.29, 1.82) is 0 Å². The van der Waals surface area contributed by atoms with Gasteiger partial charge in [-0.05, 0) is 45.7 Å². The minimum atomic E-state index is 0.272. The molecule has 0 aromatic rings. The molecular formula is C15H32N4O. The van der Waals surface area contributed by atoms with E-state index in [2.05, 4.69) is 41.3 Å².